The first-order chi connectivity index (χ1) is 11.5. The van der Waals surface area contributed by atoms with Crippen molar-refractivity contribution in [3.05, 3.63) is 54.1 Å². The summed E-state index contributed by atoms with van der Waals surface area (Å²) in [6, 6.07) is 6.92. The van der Waals surface area contributed by atoms with E-state index in [1.54, 1.807) is 30.7 Å². The Kier molecular flexibility index (Phi) is 4.75. The molecule has 0 saturated carbocycles. The lowest BCUT2D eigenvalue weighted by Gasteiger charge is -2.12. The summed E-state index contributed by atoms with van der Waals surface area (Å²) in [5.74, 6) is 0.0937. The van der Waals surface area contributed by atoms with Gasteiger partial charge in [0.1, 0.15) is 5.69 Å². The third kappa shape index (κ3) is 4.29. The molecule has 1 amide bonds. The van der Waals surface area contributed by atoms with Gasteiger partial charge in [-0.2, -0.15) is 0 Å². The molecule has 2 N–H and O–H groups in total. The topological polar surface area (TPSA) is 101 Å². The van der Waals surface area contributed by atoms with Crippen molar-refractivity contribution in [2.45, 2.75) is 19.0 Å². The second kappa shape index (κ2) is 6.96. The summed E-state index contributed by atoms with van der Waals surface area (Å²) < 4.78 is 22.9. The second-order valence-electron chi connectivity index (χ2n) is 5.71. The van der Waals surface area contributed by atoms with E-state index in [2.05, 4.69) is 20.6 Å². The number of carbonyl (C=O) groups excluding carboxylic acids is 1. The zero-order valence-corrected chi connectivity index (χ0v) is 13.8. The molecule has 1 unspecified atom stereocenters. The normalized spacial score (nSPS) is 18.9. The summed E-state index contributed by atoms with van der Waals surface area (Å²) >= 11 is 0. The van der Waals surface area contributed by atoms with Crippen LogP contribution in [0.4, 0.5) is 5.69 Å². The number of hydrogen-bond donors (Lipinski definition) is 2. The lowest BCUT2D eigenvalue weighted by atomic mass is 10.2. The van der Waals surface area contributed by atoms with Crippen molar-refractivity contribution < 1.29 is 13.2 Å². The minimum Gasteiger partial charge on any atom is -0.380 e. The van der Waals surface area contributed by atoms with Gasteiger partial charge < -0.3 is 10.6 Å². The highest BCUT2D eigenvalue weighted by molar-refractivity contribution is 7.91. The third-order valence-electron chi connectivity index (χ3n) is 3.80. The van der Waals surface area contributed by atoms with Crippen molar-refractivity contribution >= 4 is 21.4 Å². The molecule has 1 saturated heterocycles. The summed E-state index contributed by atoms with van der Waals surface area (Å²) in [5.41, 5.74) is 1.98. The van der Waals surface area contributed by atoms with E-state index >= 15 is 0 Å². The van der Waals surface area contributed by atoms with Crippen molar-refractivity contribution in [3.8, 4) is 0 Å². The fraction of sp³-hybridized carbons (Fsp3) is 0.312. The number of aromatic nitrogens is 2. The fourth-order valence-electron chi connectivity index (χ4n) is 2.53. The molecule has 1 aliphatic rings. The number of nitrogens with zero attached hydrogens (tertiary/aromatic N) is 2. The Hall–Kier alpha value is -2.48. The van der Waals surface area contributed by atoms with E-state index in [-0.39, 0.29) is 23.5 Å². The van der Waals surface area contributed by atoms with Crippen LogP contribution in [0.2, 0.25) is 0 Å². The van der Waals surface area contributed by atoms with Gasteiger partial charge in [0.05, 0.1) is 23.4 Å². The number of amides is 1. The Balaban J connectivity index is 1.55. The molecular weight excluding hydrogens is 328 g/mol. The highest BCUT2D eigenvalue weighted by Crippen LogP contribution is 2.17. The highest BCUT2D eigenvalue weighted by atomic mass is 32.2. The van der Waals surface area contributed by atoms with Crippen molar-refractivity contribution in [1.29, 1.82) is 0 Å². The Labute approximate surface area is 140 Å². The van der Waals surface area contributed by atoms with Crippen LogP contribution in [0.3, 0.4) is 0 Å². The van der Waals surface area contributed by atoms with Gasteiger partial charge in [0.25, 0.3) is 5.91 Å². The van der Waals surface area contributed by atoms with E-state index in [4.69, 9.17) is 0 Å². The largest absolute Gasteiger partial charge is 0.380 e. The average molecular weight is 346 g/mol. The fourth-order valence-corrected chi connectivity index (χ4v) is 4.20. The molecule has 2 aromatic heterocycles. The van der Waals surface area contributed by atoms with Crippen LogP contribution >= 0.6 is 0 Å². The van der Waals surface area contributed by atoms with Gasteiger partial charge in [0, 0.05) is 25.0 Å². The van der Waals surface area contributed by atoms with Crippen LogP contribution in [0.1, 0.15) is 22.5 Å². The maximum absolute atomic E-state index is 12.1. The van der Waals surface area contributed by atoms with Gasteiger partial charge in [-0.3, -0.25) is 9.78 Å². The predicted molar refractivity (Wildman–Crippen MR) is 90.3 cm³/mol. The Bertz CT molecular complexity index is 807. The van der Waals surface area contributed by atoms with E-state index in [1.165, 1.54) is 0 Å². The second-order valence-corrected chi connectivity index (χ2v) is 7.94. The summed E-state index contributed by atoms with van der Waals surface area (Å²) in [7, 11) is -2.92. The van der Waals surface area contributed by atoms with Gasteiger partial charge in [-0.05, 0) is 36.2 Å². The van der Waals surface area contributed by atoms with Crippen LogP contribution < -0.4 is 10.6 Å². The molecule has 0 aliphatic carbocycles. The maximum atomic E-state index is 12.1. The molecule has 126 valence electrons. The van der Waals surface area contributed by atoms with Gasteiger partial charge in [0.15, 0.2) is 9.84 Å². The summed E-state index contributed by atoms with van der Waals surface area (Å²) in [6.45, 7) is 0.406. The van der Waals surface area contributed by atoms with Gasteiger partial charge in [-0.25, -0.2) is 13.4 Å². The molecule has 0 aromatic carbocycles. The number of rotatable bonds is 5. The summed E-state index contributed by atoms with van der Waals surface area (Å²) in [5, 5.41) is 5.93. The van der Waals surface area contributed by atoms with Crippen LogP contribution in [-0.2, 0) is 16.4 Å². The van der Waals surface area contributed by atoms with Crippen LogP contribution in [0, 0.1) is 0 Å². The van der Waals surface area contributed by atoms with E-state index in [0.29, 0.717) is 24.3 Å². The van der Waals surface area contributed by atoms with E-state index in [0.717, 1.165) is 5.56 Å². The minimum absolute atomic E-state index is 0.0943. The van der Waals surface area contributed by atoms with Crippen LogP contribution in [0.5, 0.6) is 0 Å². The summed E-state index contributed by atoms with van der Waals surface area (Å²) in [4.78, 5) is 20.1. The molecule has 1 fully saturated rings. The molecule has 1 aliphatic heterocycles. The van der Waals surface area contributed by atoms with Gasteiger partial charge in [0.2, 0.25) is 0 Å². The number of anilines is 1. The molecule has 2 aromatic rings. The molecule has 0 spiro atoms. The van der Waals surface area contributed by atoms with Crippen LogP contribution in [0.25, 0.3) is 0 Å². The van der Waals surface area contributed by atoms with Gasteiger partial charge in [-0.1, -0.05) is 0 Å². The standard InChI is InChI=1S/C16H18N4O3S/c21-16(19-9-12-3-6-17-7-4-12)15-2-1-13(10-18-15)20-14-5-8-24(22,23)11-14/h1-4,6-7,10,14,20H,5,8-9,11H2,(H,19,21). The van der Waals surface area contributed by atoms with Gasteiger partial charge in [-0.15, -0.1) is 0 Å². The molecule has 0 bridgehead atoms. The molecule has 0 radical (unpaired) electrons. The minimum atomic E-state index is -2.92. The SMILES string of the molecule is O=C(NCc1ccncc1)c1ccc(NC2CCS(=O)(=O)C2)cn1. The molecule has 8 heteroatoms. The smallest absolute Gasteiger partial charge is 0.270 e. The maximum Gasteiger partial charge on any atom is 0.270 e. The van der Waals surface area contributed by atoms with Gasteiger partial charge >= 0.3 is 0 Å². The Morgan fingerprint density at radius 1 is 1.21 bits per heavy atom. The van der Waals surface area contributed by atoms with Crippen LogP contribution in [0.15, 0.2) is 42.9 Å². The molecular formula is C16H18N4O3S. The first kappa shape index (κ1) is 16.4. The molecule has 3 rings (SSSR count). The van der Waals surface area contributed by atoms with E-state index in [1.807, 2.05) is 12.1 Å². The van der Waals surface area contributed by atoms with Crippen molar-refractivity contribution in [3.63, 3.8) is 0 Å². The lowest BCUT2D eigenvalue weighted by molar-refractivity contribution is 0.0946. The highest BCUT2D eigenvalue weighted by Gasteiger charge is 2.27. The van der Waals surface area contributed by atoms with E-state index in [9.17, 15) is 13.2 Å². The average Bonchev–Trinajstić information content (AvgIpc) is 2.93. The molecule has 24 heavy (non-hydrogen) atoms. The Morgan fingerprint density at radius 2 is 2.00 bits per heavy atom. The number of pyridine rings is 2. The third-order valence-corrected chi connectivity index (χ3v) is 5.57. The zero-order valence-electron chi connectivity index (χ0n) is 13.0. The molecule has 7 nitrogen and oxygen atoms in total. The van der Waals surface area contributed by atoms with E-state index < -0.39 is 9.84 Å². The van der Waals surface area contributed by atoms with Crippen molar-refractivity contribution in [1.82, 2.24) is 15.3 Å². The zero-order chi connectivity index (χ0) is 17.0. The number of nitrogens with one attached hydrogen (secondary N) is 2. The summed E-state index contributed by atoms with van der Waals surface area (Å²) in [6.07, 6.45) is 5.48. The van der Waals surface area contributed by atoms with Crippen molar-refractivity contribution in [2.75, 3.05) is 16.8 Å². The number of carbonyl (C=O) groups is 1. The monoisotopic (exact) mass is 346 g/mol. The predicted octanol–water partition coefficient (Wildman–Crippen LogP) is 1.01. The molecule has 3 heterocycles. The van der Waals surface area contributed by atoms with Crippen LogP contribution in [-0.4, -0.2) is 41.8 Å². The number of hydrogen-bond acceptors (Lipinski definition) is 6. The number of sulfone groups is 1. The first-order valence-electron chi connectivity index (χ1n) is 7.62. The molecule has 1 atom stereocenters. The quantitative estimate of drug-likeness (QED) is 0.838. The first-order valence-corrected chi connectivity index (χ1v) is 9.44. The lowest BCUT2D eigenvalue weighted by Crippen LogP contribution is -2.24. The van der Waals surface area contributed by atoms with Crippen molar-refractivity contribution in [2.24, 2.45) is 0 Å². The Morgan fingerprint density at radius 3 is 2.62 bits per heavy atom.